The Morgan fingerprint density at radius 1 is 1.03 bits per heavy atom. The van der Waals surface area contributed by atoms with Crippen molar-refractivity contribution in [2.24, 2.45) is 5.10 Å². The van der Waals surface area contributed by atoms with Crippen molar-refractivity contribution in [3.63, 3.8) is 0 Å². The Balaban J connectivity index is 1.29. The number of benzene rings is 1. The lowest BCUT2D eigenvalue weighted by molar-refractivity contribution is -0.137. The molecule has 1 aromatic carbocycles. The van der Waals surface area contributed by atoms with Crippen molar-refractivity contribution in [1.29, 1.82) is 0 Å². The van der Waals surface area contributed by atoms with E-state index < -0.39 is 11.7 Å². The zero-order chi connectivity index (χ0) is 21.8. The summed E-state index contributed by atoms with van der Waals surface area (Å²) >= 11 is 5.40. The van der Waals surface area contributed by atoms with Gasteiger partial charge in [0, 0.05) is 37.8 Å². The van der Waals surface area contributed by atoms with Gasteiger partial charge in [-0.15, -0.1) is 0 Å². The molecule has 3 aromatic rings. The second-order valence-electron chi connectivity index (χ2n) is 6.98. The van der Waals surface area contributed by atoms with Crippen LogP contribution >= 0.6 is 12.2 Å². The third-order valence-corrected chi connectivity index (χ3v) is 5.29. The number of fused-ring (bicyclic) bond motifs is 1. The fourth-order valence-electron chi connectivity index (χ4n) is 3.26. The van der Waals surface area contributed by atoms with Crippen molar-refractivity contribution in [3.05, 3.63) is 66.0 Å². The predicted octanol–water partition coefficient (Wildman–Crippen LogP) is 3.68. The van der Waals surface area contributed by atoms with E-state index in [1.54, 1.807) is 6.21 Å². The topological polar surface area (TPSA) is 56.6 Å². The molecule has 0 radical (unpaired) electrons. The van der Waals surface area contributed by atoms with Gasteiger partial charge in [-0.05, 0) is 36.5 Å². The van der Waals surface area contributed by atoms with Crippen molar-refractivity contribution < 1.29 is 13.2 Å². The van der Waals surface area contributed by atoms with Crippen LogP contribution in [0.1, 0.15) is 11.3 Å². The van der Waals surface area contributed by atoms with E-state index >= 15 is 0 Å². The van der Waals surface area contributed by atoms with Gasteiger partial charge in [0.05, 0.1) is 23.0 Å². The number of alkyl halides is 3. The number of hydrogen-bond acceptors (Lipinski definition) is 5. The summed E-state index contributed by atoms with van der Waals surface area (Å²) in [5, 5.41) is 5.72. The van der Waals surface area contributed by atoms with Crippen LogP contribution in [0, 0.1) is 0 Å². The van der Waals surface area contributed by atoms with Gasteiger partial charge in [0.1, 0.15) is 5.82 Å². The maximum Gasteiger partial charge on any atom is 0.417 e. The van der Waals surface area contributed by atoms with Crippen LogP contribution in [0.4, 0.5) is 19.0 Å². The van der Waals surface area contributed by atoms with Crippen molar-refractivity contribution in [2.75, 3.05) is 31.1 Å². The summed E-state index contributed by atoms with van der Waals surface area (Å²) in [5.74, 6) is 0.520. The number of halogens is 3. The Morgan fingerprint density at radius 3 is 2.52 bits per heavy atom. The molecule has 31 heavy (non-hydrogen) atoms. The summed E-state index contributed by atoms with van der Waals surface area (Å²) in [4.78, 5) is 12.4. The number of pyridine rings is 2. The van der Waals surface area contributed by atoms with Gasteiger partial charge < -0.3 is 9.80 Å². The molecule has 0 aliphatic carbocycles. The number of rotatable bonds is 3. The van der Waals surface area contributed by atoms with E-state index in [9.17, 15) is 13.2 Å². The zero-order valence-corrected chi connectivity index (χ0v) is 17.2. The molecule has 1 aliphatic heterocycles. The highest BCUT2D eigenvalue weighted by atomic mass is 32.1. The Kier molecular flexibility index (Phi) is 5.99. The van der Waals surface area contributed by atoms with Gasteiger partial charge in [0.2, 0.25) is 0 Å². The van der Waals surface area contributed by atoms with E-state index in [1.807, 2.05) is 46.2 Å². The summed E-state index contributed by atoms with van der Waals surface area (Å²) in [5.41, 5.74) is 3.71. The molecular weight excluding hydrogens is 425 g/mol. The Bertz CT molecular complexity index is 1090. The molecule has 10 heteroatoms. The lowest BCUT2D eigenvalue weighted by atomic mass is 10.2. The molecule has 2 aromatic heterocycles. The first-order chi connectivity index (χ1) is 14.9. The monoisotopic (exact) mass is 444 g/mol. The number of nitrogens with zero attached hydrogens (tertiary/aromatic N) is 5. The largest absolute Gasteiger partial charge is 0.417 e. The molecule has 1 fully saturated rings. The highest BCUT2D eigenvalue weighted by Crippen LogP contribution is 2.29. The number of nitrogens with one attached hydrogen (secondary N) is 1. The Morgan fingerprint density at radius 2 is 1.81 bits per heavy atom. The first-order valence-corrected chi connectivity index (χ1v) is 10.0. The van der Waals surface area contributed by atoms with Crippen LogP contribution in [0.15, 0.2) is 59.8 Å². The maximum absolute atomic E-state index is 12.7. The lowest BCUT2D eigenvalue weighted by Crippen LogP contribution is -2.51. The van der Waals surface area contributed by atoms with E-state index in [0.29, 0.717) is 42.8 Å². The molecule has 0 saturated carbocycles. The molecule has 1 aliphatic rings. The van der Waals surface area contributed by atoms with Crippen molar-refractivity contribution in [2.45, 2.75) is 6.18 Å². The minimum absolute atomic E-state index is 0.483. The smallest absolute Gasteiger partial charge is 0.353 e. The van der Waals surface area contributed by atoms with Crippen LogP contribution in [0.3, 0.4) is 0 Å². The van der Waals surface area contributed by atoms with Crippen LogP contribution in [-0.2, 0) is 6.18 Å². The van der Waals surface area contributed by atoms with Gasteiger partial charge in [-0.3, -0.25) is 5.43 Å². The van der Waals surface area contributed by atoms with E-state index in [0.717, 1.165) is 23.2 Å². The summed E-state index contributed by atoms with van der Waals surface area (Å²) in [7, 11) is 0. The van der Waals surface area contributed by atoms with Gasteiger partial charge in [0.25, 0.3) is 0 Å². The van der Waals surface area contributed by atoms with Gasteiger partial charge in [-0.1, -0.05) is 24.3 Å². The number of aromatic nitrogens is 2. The van der Waals surface area contributed by atoms with Crippen molar-refractivity contribution >= 4 is 40.3 Å². The second-order valence-corrected chi connectivity index (χ2v) is 7.37. The second kappa shape index (κ2) is 8.84. The molecule has 4 rings (SSSR count). The number of thiocarbonyl (C=S) groups is 1. The normalized spacial score (nSPS) is 14.9. The molecule has 160 valence electrons. The van der Waals surface area contributed by atoms with Crippen LogP contribution < -0.4 is 10.3 Å². The highest BCUT2D eigenvalue weighted by molar-refractivity contribution is 7.80. The maximum atomic E-state index is 12.7. The summed E-state index contributed by atoms with van der Waals surface area (Å²) in [6.07, 6.45) is -1.91. The standard InChI is InChI=1S/C21H19F3N6S/c22-21(23,24)16-6-8-19(25-13-16)29-9-11-30(12-10-29)20(31)28-26-14-17-7-5-15-3-1-2-4-18(15)27-17/h1-8,13-14H,9-12H2,(H,28,31)/b26-14-. The molecular formula is C21H19F3N6S. The summed E-state index contributed by atoms with van der Waals surface area (Å²) < 4.78 is 38.1. The Labute approximate surface area is 182 Å². The highest BCUT2D eigenvalue weighted by Gasteiger charge is 2.31. The van der Waals surface area contributed by atoms with Crippen molar-refractivity contribution in [3.8, 4) is 0 Å². The molecule has 0 atom stereocenters. The SMILES string of the molecule is FC(F)(F)c1ccc(N2CCN(C(=S)N/N=C\c3ccc4ccccc4n3)CC2)nc1. The molecule has 3 heterocycles. The third-order valence-electron chi connectivity index (χ3n) is 4.94. The number of piperazine rings is 1. The molecule has 6 nitrogen and oxygen atoms in total. The van der Waals surface area contributed by atoms with Gasteiger partial charge >= 0.3 is 6.18 Å². The van der Waals surface area contributed by atoms with Gasteiger partial charge in [0.15, 0.2) is 5.11 Å². The number of para-hydroxylation sites is 1. The molecule has 0 spiro atoms. The zero-order valence-electron chi connectivity index (χ0n) is 16.4. The fraction of sp³-hybridized carbons (Fsp3) is 0.238. The first-order valence-electron chi connectivity index (χ1n) is 9.62. The minimum Gasteiger partial charge on any atom is -0.353 e. The van der Waals surface area contributed by atoms with Crippen molar-refractivity contribution in [1.82, 2.24) is 20.3 Å². The molecule has 0 amide bonds. The van der Waals surface area contributed by atoms with E-state index in [-0.39, 0.29) is 0 Å². The minimum atomic E-state index is -4.38. The van der Waals surface area contributed by atoms with E-state index in [1.165, 1.54) is 6.07 Å². The number of anilines is 1. The van der Waals surface area contributed by atoms with Gasteiger partial charge in [-0.25, -0.2) is 9.97 Å². The quantitative estimate of drug-likeness (QED) is 0.378. The molecule has 1 N–H and O–H groups in total. The Hall–Kier alpha value is -3.27. The van der Waals surface area contributed by atoms with Crippen LogP contribution in [-0.4, -0.2) is 52.4 Å². The number of hydrazone groups is 1. The van der Waals surface area contributed by atoms with Crippen LogP contribution in [0.25, 0.3) is 10.9 Å². The summed E-state index contributed by atoms with van der Waals surface area (Å²) in [6.45, 7) is 2.41. The van der Waals surface area contributed by atoms with E-state index in [4.69, 9.17) is 12.2 Å². The summed E-state index contributed by atoms with van der Waals surface area (Å²) in [6, 6.07) is 14.1. The number of hydrogen-bond donors (Lipinski definition) is 1. The molecule has 0 unspecified atom stereocenters. The average molecular weight is 444 g/mol. The predicted molar refractivity (Wildman–Crippen MR) is 118 cm³/mol. The lowest BCUT2D eigenvalue weighted by Gasteiger charge is -2.36. The molecule has 1 saturated heterocycles. The van der Waals surface area contributed by atoms with Gasteiger partial charge in [-0.2, -0.15) is 18.3 Å². The fourth-order valence-corrected chi connectivity index (χ4v) is 3.49. The van der Waals surface area contributed by atoms with Crippen LogP contribution in [0.2, 0.25) is 0 Å². The average Bonchev–Trinajstić information content (AvgIpc) is 2.78. The van der Waals surface area contributed by atoms with E-state index in [2.05, 4.69) is 20.5 Å². The molecule has 0 bridgehead atoms. The first kappa shape index (κ1) is 21.0. The van der Waals surface area contributed by atoms with Crippen LogP contribution in [0.5, 0.6) is 0 Å². The third kappa shape index (κ3) is 5.08.